The molecule has 1 N–H and O–H groups in total. The molecule has 0 aliphatic carbocycles. The van der Waals surface area contributed by atoms with Crippen molar-refractivity contribution in [3.8, 4) is 0 Å². The van der Waals surface area contributed by atoms with Crippen LogP contribution in [0.25, 0.3) is 0 Å². The molecule has 11 heteroatoms. The number of piperazine rings is 1. The Labute approximate surface area is 200 Å². The first-order chi connectivity index (χ1) is 16.2. The van der Waals surface area contributed by atoms with Gasteiger partial charge in [-0.3, -0.25) is 10.1 Å². The number of pyridine rings is 1. The predicted octanol–water partition coefficient (Wildman–Crippen LogP) is 3.37. The molecule has 2 aliphatic rings. The number of likely N-dealkylation sites (tertiary alicyclic amines) is 1. The van der Waals surface area contributed by atoms with Crippen molar-refractivity contribution in [1.82, 2.24) is 24.8 Å². The highest BCUT2D eigenvalue weighted by molar-refractivity contribution is 7.13. The number of urea groups is 1. The van der Waals surface area contributed by atoms with E-state index in [-0.39, 0.29) is 17.9 Å². The summed E-state index contributed by atoms with van der Waals surface area (Å²) in [6.07, 6.45) is 5.18. The summed E-state index contributed by atoms with van der Waals surface area (Å²) in [4.78, 5) is 44.6. The molecule has 172 valence electrons. The summed E-state index contributed by atoms with van der Waals surface area (Å²) in [5, 5.41) is 7.93. The van der Waals surface area contributed by atoms with Gasteiger partial charge in [0, 0.05) is 68.3 Å². The average molecular weight is 484 g/mol. The molecule has 0 radical (unpaired) electrons. The number of anilines is 2. The van der Waals surface area contributed by atoms with E-state index in [0.29, 0.717) is 37.0 Å². The Morgan fingerprint density at radius 2 is 1.73 bits per heavy atom. The number of carbonyl (C=O) groups excluding carboxylic acids is 2. The summed E-state index contributed by atoms with van der Waals surface area (Å²) >= 11 is 2.90. The van der Waals surface area contributed by atoms with Crippen LogP contribution < -0.4 is 10.2 Å². The largest absolute Gasteiger partial charge is 0.353 e. The third kappa shape index (κ3) is 4.98. The number of carbonyl (C=O) groups is 2. The number of thiazole rings is 2. The van der Waals surface area contributed by atoms with E-state index < -0.39 is 0 Å². The molecule has 0 saturated carbocycles. The van der Waals surface area contributed by atoms with Crippen molar-refractivity contribution in [2.75, 3.05) is 49.5 Å². The van der Waals surface area contributed by atoms with E-state index in [4.69, 9.17) is 0 Å². The molecule has 0 bridgehead atoms. The van der Waals surface area contributed by atoms with Crippen LogP contribution in [-0.2, 0) is 0 Å². The number of amides is 3. The highest BCUT2D eigenvalue weighted by Crippen LogP contribution is 2.31. The summed E-state index contributed by atoms with van der Waals surface area (Å²) in [5.74, 6) is 1.01. The third-order valence-electron chi connectivity index (χ3n) is 6.05. The smallest absolute Gasteiger partial charge is 0.320 e. The van der Waals surface area contributed by atoms with Gasteiger partial charge in [-0.2, -0.15) is 0 Å². The Morgan fingerprint density at radius 3 is 2.42 bits per heavy atom. The topological polar surface area (TPSA) is 94.6 Å². The molecular formula is C22H25N7O2S2. The second kappa shape index (κ2) is 9.84. The van der Waals surface area contributed by atoms with Crippen LogP contribution in [0.3, 0.4) is 0 Å². The molecule has 33 heavy (non-hydrogen) atoms. The van der Waals surface area contributed by atoms with Crippen LogP contribution >= 0.6 is 22.7 Å². The second-order valence-corrected chi connectivity index (χ2v) is 9.85. The van der Waals surface area contributed by atoms with Crippen molar-refractivity contribution >= 4 is 45.6 Å². The first-order valence-corrected chi connectivity index (χ1v) is 12.8. The van der Waals surface area contributed by atoms with Crippen LogP contribution in [0.5, 0.6) is 0 Å². The van der Waals surface area contributed by atoms with E-state index in [1.807, 2.05) is 33.4 Å². The fraction of sp³-hybridized carbons (Fsp3) is 0.409. The molecule has 0 atom stereocenters. The van der Waals surface area contributed by atoms with Crippen LogP contribution in [0.2, 0.25) is 0 Å². The summed E-state index contributed by atoms with van der Waals surface area (Å²) in [5.41, 5.74) is 0.425. The molecule has 5 heterocycles. The maximum atomic E-state index is 13.0. The Bertz CT molecular complexity index is 1070. The lowest BCUT2D eigenvalue weighted by molar-refractivity contribution is 0.102. The quantitative estimate of drug-likeness (QED) is 0.612. The zero-order chi connectivity index (χ0) is 22.6. The van der Waals surface area contributed by atoms with Gasteiger partial charge in [-0.05, 0) is 25.0 Å². The first-order valence-electron chi connectivity index (χ1n) is 11.0. The van der Waals surface area contributed by atoms with Crippen molar-refractivity contribution in [2.24, 2.45) is 0 Å². The minimum absolute atomic E-state index is 0.122. The molecule has 0 spiro atoms. The lowest BCUT2D eigenvalue weighted by Crippen LogP contribution is -2.54. The zero-order valence-corrected chi connectivity index (χ0v) is 19.7. The first kappa shape index (κ1) is 21.8. The molecule has 2 fully saturated rings. The van der Waals surface area contributed by atoms with Gasteiger partial charge >= 0.3 is 6.03 Å². The standard InChI is InChI=1S/C22H25N7O2S2/c30-19(26-21-24-7-14-32-21)17-15-33-20(25-17)16-4-8-28(9-5-16)22(31)29-12-10-27(11-13-29)18-3-1-2-6-23-18/h1-3,6-7,14-16H,4-5,8-13H2,(H,24,26,30). The van der Waals surface area contributed by atoms with Crippen molar-refractivity contribution in [2.45, 2.75) is 18.8 Å². The van der Waals surface area contributed by atoms with Gasteiger partial charge in [0.15, 0.2) is 5.13 Å². The Kier molecular flexibility index (Phi) is 6.49. The van der Waals surface area contributed by atoms with Crippen LogP contribution in [0.15, 0.2) is 41.4 Å². The molecule has 2 aliphatic heterocycles. The van der Waals surface area contributed by atoms with Gasteiger partial charge in [0.05, 0.1) is 5.01 Å². The number of rotatable bonds is 4. The predicted molar refractivity (Wildman–Crippen MR) is 129 cm³/mol. The highest BCUT2D eigenvalue weighted by Gasteiger charge is 2.30. The molecule has 5 rings (SSSR count). The highest BCUT2D eigenvalue weighted by atomic mass is 32.1. The molecule has 3 aromatic heterocycles. The number of aromatic nitrogens is 3. The van der Waals surface area contributed by atoms with Gasteiger partial charge < -0.3 is 14.7 Å². The van der Waals surface area contributed by atoms with E-state index in [0.717, 1.165) is 36.8 Å². The van der Waals surface area contributed by atoms with Crippen molar-refractivity contribution in [1.29, 1.82) is 0 Å². The van der Waals surface area contributed by atoms with Crippen LogP contribution in [-0.4, -0.2) is 76.0 Å². The van der Waals surface area contributed by atoms with Gasteiger partial charge in [0.2, 0.25) is 0 Å². The van der Waals surface area contributed by atoms with Gasteiger partial charge in [-0.25, -0.2) is 19.7 Å². The van der Waals surface area contributed by atoms with Crippen molar-refractivity contribution < 1.29 is 9.59 Å². The van der Waals surface area contributed by atoms with Gasteiger partial charge in [0.25, 0.3) is 5.91 Å². The van der Waals surface area contributed by atoms with Crippen LogP contribution in [0.1, 0.15) is 34.3 Å². The Morgan fingerprint density at radius 1 is 0.939 bits per heavy atom. The second-order valence-electron chi connectivity index (χ2n) is 8.07. The lowest BCUT2D eigenvalue weighted by Gasteiger charge is -2.39. The van der Waals surface area contributed by atoms with E-state index >= 15 is 0 Å². The molecule has 3 amide bonds. The molecular weight excluding hydrogens is 458 g/mol. The molecule has 0 unspecified atom stereocenters. The SMILES string of the molecule is O=C(Nc1nccs1)c1csc(C2CCN(C(=O)N3CCN(c4ccccn4)CC3)CC2)n1. The monoisotopic (exact) mass is 483 g/mol. The summed E-state index contributed by atoms with van der Waals surface area (Å²) < 4.78 is 0. The lowest BCUT2D eigenvalue weighted by atomic mass is 9.98. The third-order valence-corrected chi connectivity index (χ3v) is 7.74. The maximum Gasteiger partial charge on any atom is 0.320 e. The molecule has 3 aromatic rings. The minimum atomic E-state index is -0.232. The number of nitrogens with zero attached hydrogens (tertiary/aromatic N) is 6. The van der Waals surface area contributed by atoms with E-state index in [1.165, 1.54) is 22.7 Å². The number of piperidine rings is 1. The maximum absolute atomic E-state index is 13.0. The summed E-state index contributed by atoms with van der Waals surface area (Å²) in [6.45, 7) is 4.43. The Balaban J connectivity index is 1.11. The van der Waals surface area contributed by atoms with Gasteiger partial charge in [0.1, 0.15) is 11.5 Å². The number of hydrogen-bond acceptors (Lipinski definition) is 8. The van der Waals surface area contributed by atoms with E-state index in [2.05, 4.69) is 25.2 Å². The fourth-order valence-electron chi connectivity index (χ4n) is 4.21. The fourth-order valence-corrected chi connectivity index (χ4v) is 5.71. The zero-order valence-electron chi connectivity index (χ0n) is 18.1. The number of hydrogen-bond donors (Lipinski definition) is 1. The van der Waals surface area contributed by atoms with E-state index in [9.17, 15) is 9.59 Å². The van der Waals surface area contributed by atoms with Gasteiger partial charge in [-0.15, -0.1) is 22.7 Å². The van der Waals surface area contributed by atoms with Crippen molar-refractivity contribution in [3.05, 3.63) is 52.1 Å². The molecule has 9 nitrogen and oxygen atoms in total. The summed E-state index contributed by atoms with van der Waals surface area (Å²) in [6, 6.07) is 6.03. The number of nitrogens with one attached hydrogen (secondary N) is 1. The average Bonchev–Trinajstić information content (AvgIpc) is 3.57. The minimum Gasteiger partial charge on any atom is -0.353 e. The normalized spacial score (nSPS) is 17.3. The molecule has 0 aromatic carbocycles. The van der Waals surface area contributed by atoms with Crippen molar-refractivity contribution in [3.63, 3.8) is 0 Å². The van der Waals surface area contributed by atoms with Gasteiger partial charge in [-0.1, -0.05) is 6.07 Å². The van der Waals surface area contributed by atoms with Crippen LogP contribution in [0.4, 0.5) is 15.7 Å². The molecule has 2 saturated heterocycles. The summed E-state index contributed by atoms with van der Waals surface area (Å²) in [7, 11) is 0. The van der Waals surface area contributed by atoms with Crippen LogP contribution in [0, 0.1) is 0 Å². The Hall–Kier alpha value is -3.05. The van der Waals surface area contributed by atoms with E-state index in [1.54, 1.807) is 17.8 Å².